The summed E-state index contributed by atoms with van der Waals surface area (Å²) in [5, 5.41) is 0. The normalized spacial score (nSPS) is 21.6. The van der Waals surface area contributed by atoms with Gasteiger partial charge in [-0.2, -0.15) is 0 Å². The highest BCUT2D eigenvalue weighted by atomic mass is 79.9. The number of hydrogen-bond acceptors (Lipinski definition) is 2. The number of hydrogen-bond donors (Lipinski definition) is 0. The van der Waals surface area contributed by atoms with Crippen molar-refractivity contribution in [2.24, 2.45) is 0 Å². The lowest BCUT2D eigenvalue weighted by Crippen LogP contribution is -2.51. The molecule has 1 amide bonds. The molecule has 2 aliphatic rings. The van der Waals surface area contributed by atoms with Crippen LogP contribution in [0.4, 0.5) is 0 Å². The third-order valence-corrected chi connectivity index (χ3v) is 5.56. The molecular formula is C18H25BrN2O. The van der Waals surface area contributed by atoms with Gasteiger partial charge in [-0.05, 0) is 37.1 Å². The maximum Gasteiger partial charge on any atom is 0.253 e. The van der Waals surface area contributed by atoms with Gasteiger partial charge >= 0.3 is 0 Å². The van der Waals surface area contributed by atoms with Crippen LogP contribution in [0.25, 0.3) is 0 Å². The van der Waals surface area contributed by atoms with Crippen molar-refractivity contribution in [3.63, 3.8) is 0 Å². The Morgan fingerprint density at radius 3 is 2.09 bits per heavy atom. The Kier molecular flexibility index (Phi) is 5.53. The summed E-state index contributed by atoms with van der Waals surface area (Å²) in [5.74, 6) is 0.174. The first-order valence-corrected chi connectivity index (χ1v) is 9.32. The van der Waals surface area contributed by atoms with Crippen molar-refractivity contribution < 1.29 is 4.79 Å². The summed E-state index contributed by atoms with van der Waals surface area (Å²) >= 11 is 3.42. The second-order valence-electron chi connectivity index (χ2n) is 6.48. The minimum atomic E-state index is 0.174. The Morgan fingerprint density at radius 2 is 1.50 bits per heavy atom. The maximum atomic E-state index is 12.5. The first kappa shape index (κ1) is 16.0. The van der Waals surface area contributed by atoms with Gasteiger partial charge in [0.1, 0.15) is 0 Å². The zero-order valence-electron chi connectivity index (χ0n) is 13.1. The molecule has 0 radical (unpaired) electrons. The highest BCUT2D eigenvalue weighted by Gasteiger charge is 2.26. The Hall–Kier alpha value is -0.870. The van der Waals surface area contributed by atoms with Crippen LogP contribution in [-0.4, -0.2) is 47.9 Å². The molecule has 1 aromatic rings. The van der Waals surface area contributed by atoms with Gasteiger partial charge in [-0.25, -0.2) is 0 Å². The van der Waals surface area contributed by atoms with E-state index in [4.69, 9.17) is 0 Å². The van der Waals surface area contributed by atoms with Crippen LogP contribution in [0.5, 0.6) is 0 Å². The molecule has 22 heavy (non-hydrogen) atoms. The summed E-state index contributed by atoms with van der Waals surface area (Å²) in [6.45, 7) is 3.80. The molecule has 1 aromatic carbocycles. The lowest BCUT2D eigenvalue weighted by molar-refractivity contribution is 0.0551. The zero-order chi connectivity index (χ0) is 15.4. The van der Waals surface area contributed by atoms with E-state index in [1.807, 2.05) is 29.2 Å². The minimum absolute atomic E-state index is 0.174. The molecule has 0 spiro atoms. The molecule has 0 bridgehead atoms. The molecule has 4 heteroatoms. The first-order valence-electron chi connectivity index (χ1n) is 8.53. The molecule has 3 rings (SSSR count). The Bertz CT molecular complexity index is 486. The molecule has 0 aromatic heterocycles. The molecule has 2 fully saturated rings. The Balaban J connectivity index is 1.54. The molecular weight excluding hydrogens is 340 g/mol. The summed E-state index contributed by atoms with van der Waals surface area (Å²) in [5.41, 5.74) is 0.797. The Morgan fingerprint density at radius 1 is 0.909 bits per heavy atom. The van der Waals surface area contributed by atoms with Gasteiger partial charge in [0.05, 0.1) is 0 Å². The second kappa shape index (κ2) is 7.60. The zero-order valence-corrected chi connectivity index (χ0v) is 14.7. The minimum Gasteiger partial charge on any atom is -0.336 e. The number of amides is 1. The molecule has 120 valence electrons. The van der Waals surface area contributed by atoms with Crippen LogP contribution in [0.2, 0.25) is 0 Å². The SMILES string of the molecule is O=C(c1ccc(Br)cc1)N1CCN(C2CCCCCC2)CC1. The Labute approximate surface area is 141 Å². The number of piperazine rings is 1. The third-order valence-electron chi connectivity index (χ3n) is 5.03. The van der Waals surface area contributed by atoms with E-state index >= 15 is 0 Å². The molecule has 3 nitrogen and oxygen atoms in total. The smallest absolute Gasteiger partial charge is 0.253 e. The number of halogens is 1. The van der Waals surface area contributed by atoms with Gasteiger partial charge < -0.3 is 4.90 Å². The van der Waals surface area contributed by atoms with Gasteiger partial charge in [0, 0.05) is 42.3 Å². The molecule has 1 aliphatic carbocycles. The fourth-order valence-electron chi connectivity index (χ4n) is 3.69. The highest BCUT2D eigenvalue weighted by Crippen LogP contribution is 2.23. The lowest BCUT2D eigenvalue weighted by Gasteiger charge is -2.39. The number of rotatable bonds is 2. The number of carbonyl (C=O) groups excluding carboxylic acids is 1. The van der Waals surface area contributed by atoms with Crippen LogP contribution in [-0.2, 0) is 0 Å². The average Bonchev–Trinajstić information content (AvgIpc) is 2.84. The summed E-state index contributed by atoms with van der Waals surface area (Å²) < 4.78 is 1.02. The standard InChI is InChI=1S/C18H25BrN2O/c19-16-9-7-15(8-10-16)18(22)21-13-11-20(12-14-21)17-5-3-1-2-4-6-17/h7-10,17H,1-6,11-14H2. The van der Waals surface area contributed by atoms with Crippen molar-refractivity contribution in [2.45, 2.75) is 44.6 Å². The topological polar surface area (TPSA) is 23.6 Å². The average molecular weight is 365 g/mol. The van der Waals surface area contributed by atoms with Gasteiger partial charge in [0.25, 0.3) is 5.91 Å². The largest absolute Gasteiger partial charge is 0.336 e. The monoisotopic (exact) mass is 364 g/mol. The predicted octanol–water partition coefficient (Wildman–Crippen LogP) is 3.93. The molecule has 0 atom stereocenters. The third kappa shape index (κ3) is 3.90. The second-order valence-corrected chi connectivity index (χ2v) is 7.40. The molecule has 0 unspecified atom stereocenters. The van der Waals surface area contributed by atoms with Gasteiger partial charge in [-0.15, -0.1) is 0 Å². The van der Waals surface area contributed by atoms with E-state index in [-0.39, 0.29) is 5.91 Å². The number of nitrogens with zero attached hydrogens (tertiary/aromatic N) is 2. The summed E-state index contributed by atoms with van der Waals surface area (Å²) in [6, 6.07) is 8.45. The number of carbonyl (C=O) groups is 1. The van der Waals surface area contributed by atoms with Crippen LogP contribution in [0.15, 0.2) is 28.7 Å². The van der Waals surface area contributed by atoms with Gasteiger partial charge in [0.2, 0.25) is 0 Å². The maximum absolute atomic E-state index is 12.5. The van der Waals surface area contributed by atoms with E-state index in [0.717, 1.165) is 42.3 Å². The summed E-state index contributed by atoms with van der Waals surface area (Å²) in [7, 11) is 0. The van der Waals surface area contributed by atoms with Gasteiger partial charge in [-0.1, -0.05) is 41.6 Å². The summed E-state index contributed by atoms with van der Waals surface area (Å²) in [4.78, 5) is 17.2. The molecule has 0 N–H and O–H groups in total. The fourth-order valence-corrected chi connectivity index (χ4v) is 3.95. The van der Waals surface area contributed by atoms with E-state index < -0.39 is 0 Å². The highest BCUT2D eigenvalue weighted by molar-refractivity contribution is 9.10. The van der Waals surface area contributed by atoms with Crippen LogP contribution in [0, 0.1) is 0 Å². The van der Waals surface area contributed by atoms with Crippen molar-refractivity contribution in [1.82, 2.24) is 9.80 Å². The van der Waals surface area contributed by atoms with Crippen molar-refractivity contribution >= 4 is 21.8 Å². The molecule has 1 aliphatic heterocycles. The molecule has 1 saturated heterocycles. The quantitative estimate of drug-likeness (QED) is 0.742. The lowest BCUT2D eigenvalue weighted by atomic mass is 10.1. The van der Waals surface area contributed by atoms with Crippen molar-refractivity contribution in [2.75, 3.05) is 26.2 Å². The van der Waals surface area contributed by atoms with E-state index in [2.05, 4.69) is 20.8 Å². The van der Waals surface area contributed by atoms with Crippen LogP contribution in [0.3, 0.4) is 0 Å². The molecule has 1 saturated carbocycles. The van der Waals surface area contributed by atoms with Crippen molar-refractivity contribution in [3.05, 3.63) is 34.3 Å². The van der Waals surface area contributed by atoms with Crippen molar-refractivity contribution in [3.8, 4) is 0 Å². The van der Waals surface area contributed by atoms with Gasteiger partial charge in [-0.3, -0.25) is 9.69 Å². The van der Waals surface area contributed by atoms with Crippen LogP contribution < -0.4 is 0 Å². The van der Waals surface area contributed by atoms with Crippen LogP contribution in [0.1, 0.15) is 48.9 Å². The summed E-state index contributed by atoms with van der Waals surface area (Å²) in [6.07, 6.45) is 8.25. The van der Waals surface area contributed by atoms with E-state index in [1.165, 1.54) is 38.5 Å². The van der Waals surface area contributed by atoms with Gasteiger partial charge in [0.15, 0.2) is 0 Å². The van der Waals surface area contributed by atoms with Crippen LogP contribution >= 0.6 is 15.9 Å². The molecule has 1 heterocycles. The predicted molar refractivity (Wildman–Crippen MR) is 93.1 cm³/mol. The van der Waals surface area contributed by atoms with Crippen molar-refractivity contribution in [1.29, 1.82) is 0 Å². The van der Waals surface area contributed by atoms with E-state index in [0.29, 0.717) is 0 Å². The van der Waals surface area contributed by atoms with E-state index in [1.54, 1.807) is 0 Å². The fraction of sp³-hybridized carbons (Fsp3) is 0.611. The first-order chi connectivity index (χ1) is 10.7. The van der Waals surface area contributed by atoms with E-state index in [9.17, 15) is 4.79 Å². The number of benzene rings is 1.